The van der Waals surface area contributed by atoms with Gasteiger partial charge in [-0.15, -0.1) is 0 Å². The average molecular weight is 302 g/mol. The van der Waals surface area contributed by atoms with E-state index < -0.39 is 11.7 Å². The first-order chi connectivity index (χ1) is 10.5. The number of nitrogens with zero attached hydrogens (tertiary/aromatic N) is 2. The number of para-hydroxylation sites is 1. The van der Waals surface area contributed by atoms with E-state index in [0.717, 1.165) is 6.07 Å². The van der Waals surface area contributed by atoms with E-state index in [-0.39, 0.29) is 11.6 Å². The van der Waals surface area contributed by atoms with Crippen molar-refractivity contribution in [3.63, 3.8) is 0 Å². The minimum Gasteiger partial charge on any atom is -0.325 e. The van der Waals surface area contributed by atoms with Crippen LogP contribution in [-0.4, -0.2) is 9.97 Å². The summed E-state index contributed by atoms with van der Waals surface area (Å²) in [6.07, 6.45) is -4.45. The van der Waals surface area contributed by atoms with Crippen LogP contribution in [-0.2, 0) is 6.18 Å². The van der Waals surface area contributed by atoms with Crippen LogP contribution in [0.25, 0.3) is 11.0 Å². The van der Waals surface area contributed by atoms with Gasteiger partial charge in [0, 0.05) is 0 Å². The zero-order valence-corrected chi connectivity index (χ0v) is 11.1. The first-order valence-corrected chi connectivity index (χ1v) is 6.30. The lowest BCUT2D eigenvalue weighted by Crippen LogP contribution is -2.08. The van der Waals surface area contributed by atoms with E-state index in [4.69, 9.17) is 5.26 Å². The Morgan fingerprint density at radius 2 is 1.91 bits per heavy atom. The monoisotopic (exact) mass is 302 g/mol. The highest BCUT2D eigenvalue weighted by atomic mass is 19.4. The van der Waals surface area contributed by atoms with E-state index >= 15 is 0 Å². The Bertz CT molecular complexity index is 874. The SMILES string of the molecule is N#Cc1ccc2nc(Nc3ccccc3C(F)(F)F)[nH]c2c1. The average Bonchev–Trinajstić information content (AvgIpc) is 2.87. The molecule has 3 rings (SSSR count). The number of nitriles is 1. The molecule has 1 aromatic heterocycles. The number of imidazole rings is 1. The van der Waals surface area contributed by atoms with Crippen LogP contribution in [0.5, 0.6) is 0 Å². The van der Waals surface area contributed by atoms with Crippen LogP contribution in [0.1, 0.15) is 11.1 Å². The van der Waals surface area contributed by atoms with Crippen molar-refractivity contribution in [2.45, 2.75) is 6.18 Å². The molecule has 3 aromatic rings. The number of rotatable bonds is 2. The maximum Gasteiger partial charge on any atom is 0.418 e. The summed E-state index contributed by atoms with van der Waals surface area (Å²) in [7, 11) is 0. The number of benzene rings is 2. The molecule has 2 N–H and O–H groups in total. The fourth-order valence-corrected chi connectivity index (χ4v) is 2.11. The van der Waals surface area contributed by atoms with Crippen molar-refractivity contribution < 1.29 is 13.2 Å². The molecule has 0 spiro atoms. The molecule has 7 heteroatoms. The van der Waals surface area contributed by atoms with Crippen molar-refractivity contribution >= 4 is 22.7 Å². The summed E-state index contributed by atoms with van der Waals surface area (Å²) < 4.78 is 38.8. The van der Waals surface area contributed by atoms with Gasteiger partial charge < -0.3 is 10.3 Å². The third-order valence-electron chi connectivity index (χ3n) is 3.10. The lowest BCUT2D eigenvalue weighted by Gasteiger charge is -2.12. The van der Waals surface area contributed by atoms with Crippen molar-refractivity contribution in [3.05, 3.63) is 53.6 Å². The molecule has 1 heterocycles. The lowest BCUT2D eigenvalue weighted by atomic mass is 10.1. The molecule has 110 valence electrons. The lowest BCUT2D eigenvalue weighted by molar-refractivity contribution is -0.136. The predicted octanol–water partition coefficient (Wildman–Crippen LogP) is 4.20. The van der Waals surface area contributed by atoms with E-state index in [1.54, 1.807) is 18.2 Å². The highest BCUT2D eigenvalue weighted by molar-refractivity contribution is 5.80. The van der Waals surface area contributed by atoms with Crippen LogP contribution in [0.3, 0.4) is 0 Å². The Hall–Kier alpha value is -3.01. The number of hydrogen-bond donors (Lipinski definition) is 2. The van der Waals surface area contributed by atoms with Crippen LogP contribution in [0.2, 0.25) is 0 Å². The number of fused-ring (bicyclic) bond motifs is 1. The molecule has 22 heavy (non-hydrogen) atoms. The van der Waals surface area contributed by atoms with Gasteiger partial charge >= 0.3 is 6.18 Å². The van der Waals surface area contributed by atoms with Crippen LogP contribution in [0.15, 0.2) is 42.5 Å². The highest BCUT2D eigenvalue weighted by Crippen LogP contribution is 2.35. The number of aromatic amines is 1. The Morgan fingerprint density at radius 1 is 1.14 bits per heavy atom. The molecular formula is C15H9F3N4. The molecule has 0 fully saturated rings. The van der Waals surface area contributed by atoms with Crippen molar-refractivity contribution in [3.8, 4) is 6.07 Å². The van der Waals surface area contributed by atoms with Gasteiger partial charge in [0.25, 0.3) is 0 Å². The third-order valence-corrected chi connectivity index (χ3v) is 3.10. The van der Waals surface area contributed by atoms with E-state index in [0.29, 0.717) is 16.6 Å². The largest absolute Gasteiger partial charge is 0.418 e. The Balaban J connectivity index is 1.99. The van der Waals surface area contributed by atoms with Crippen molar-refractivity contribution in [1.82, 2.24) is 9.97 Å². The molecule has 4 nitrogen and oxygen atoms in total. The molecule has 0 bridgehead atoms. The topological polar surface area (TPSA) is 64.5 Å². The first kappa shape index (κ1) is 13.9. The number of aromatic nitrogens is 2. The molecule has 0 aliphatic carbocycles. The summed E-state index contributed by atoms with van der Waals surface area (Å²) in [5.41, 5.74) is 0.721. The minimum atomic E-state index is -4.45. The summed E-state index contributed by atoms with van der Waals surface area (Å²) in [6, 6.07) is 12.0. The molecule has 0 aliphatic rings. The number of H-pyrrole nitrogens is 1. The number of anilines is 2. The van der Waals surface area contributed by atoms with Gasteiger partial charge in [0.05, 0.1) is 33.9 Å². The van der Waals surface area contributed by atoms with Gasteiger partial charge in [-0.3, -0.25) is 0 Å². The van der Waals surface area contributed by atoms with E-state index in [9.17, 15) is 13.2 Å². The van der Waals surface area contributed by atoms with Crippen LogP contribution < -0.4 is 5.32 Å². The Morgan fingerprint density at radius 3 is 2.64 bits per heavy atom. The summed E-state index contributed by atoms with van der Waals surface area (Å²) in [4.78, 5) is 7.02. The van der Waals surface area contributed by atoms with Gasteiger partial charge in [0.15, 0.2) is 0 Å². The second-order valence-electron chi connectivity index (χ2n) is 4.60. The predicted molar refractivity (Wildman–Crippen MR) is 75.5 cm³/mol. The summed E-state index contributed by atoms with van der Waals surface area (Å²) in [5, 5.41) is 11.5. The van der Waals surface area contributed by atoms with E-state index in [2.05, 4.69) is 15.3 Å². The van der Waals surface area contributed by atoms with Gasteiger partial charge in [-0.05, 0) is 30.3 Å². The van der Waals surface area contributed by atoms with Gasteiger partial charge in [0.1, 0.15) is 0 Å². The molecule has 0 saturated heterocycles. The van der Waals surface area contributed by atoms with E-state index in [1.165, 1.54) is 18.2 Å². The molecule has 0 atom stereocenters. The smallest absolute Gasteiger partial charge is 0.325 e. The zero-order chi connectivity index (χ0) is 15.7. The molecule has 0 unspecified atom stereocenters. The van der Waals surface area contributed by atoms with Crippen molar-refractivity contribution in [2.75, 3.05) is 5.32 Å². The van der Waals surface area contributed by atoms with Crippen LogP contribution in [0.4, 0.5) is 24.8 Å². The second kappa shape index (κ2) is 5.07. The maximum atomic E-state index is 12.9. The number of alkyl halides is 3. The Kier molecular flexibility index (Phi) is 3.22. The van der Waals surface area contributed by atoms with Gasteiger partial charge in [-0.2, -0.15) is 18.4 Å². The van der Waals surface area contributed by atoms with Crippen LogP contribution in [0, 0.1) is 11.3 Å². The quantitative estimate of drug-likeness (QED) is 0.745. The molecular weight excluding hydrogens is 293 g/mol. The molecule has 0 amide bonds. The van der Waals surface area contributed by atoms with Gasteiger partial charge in [-0.1, -0.05) is 12.1 Å². The van der Waals surface area contributed by atoms with Crippen molar-refractivity contribution in [1.29, 1.82) is 5.26 Å². The number of nitrogens with one attached hydrogen (secondary N) is 2. The fraction of sp³-hybridized carbons (Fsp3) is 0.0667. The van der Waals surface area contributed by atoms with E-state index in [1.807, 2.05) is 6.07 Å². The molecule has 0 radical (unpaired) electrons. The molecule has 0 saturated carbocycles. The second-order valence-corrected chi connectivity index (χ2v) is 4.60. The minimum absolute atomic E-state index is 0.0884. The van der Waals surface area contributed by atoms with Crippen molar-refractivity contribution in [2.24, 2.45) is 0 Å². The summed E-state index contributed by atoms with van der Waals surface area (Å²) in [6.45, 7) is 0. The number of halogens is 3. The number of hydrogen-bond acceptors (Lipinski definition) is 3. The highest BCUT2D eigenvalue weighted by Gasteiger charge is 2.33. The normalized spacial score (nSPS) is 11.4. The van der Waals surface area contributed by atoms with Gasteiger partial charge in [-0.25, -0.2) is 4.98 Å². The van der Waals surface area contributed by atoms with Crippen LogP contribution >= 0.6 is 0 Å². The maximum absolute atomic E-state index is 12.9. The summed E-state index contributed by atoms with van der Waals surface area (Å²) in [5.74, 6) is 0.182. The standard InChI is InChI=1S/C15H9F3N4/c16-15(17,18)10-3-1-2-4-11(10)20-14-21-12-6-5-9(8-19)7-13(12)22-14/h1-7H,(H2,20,21,22). The fourth-order valence-electron chi connectivity index (χ4n) is 2.11. The molecule has 2 aromatic carbocycles. The third kappa shape index (κ3) is 2.59. The zero-order valence-electron chi connectivity index (χ0n) is 11.1. The molecule has 0 aliphatic heterocycles. The van der Waals surface area contributed by atoms with Gasteiger partial charge in [0.2, 0.25) is 5.95 Å². The Labute approximate surface area is 123 Å². The summed E-state index contributed by atoms with van der Waals surface area (Å²) >= 11 is 0. The first-order valence-electron chi connectivity index (χ1n) is 6.30.